The molecule has 3 aromatic heterocycles. The summed E-state index contributed by atoms with van der Waals surface area (Å²) < 4.78 is 0. The van der Waals surface area contributed by atoms with Crippen LogP contribution in [-0.2, 0) is 0 Å². The van der Waals surface area contributed by atoms with Gasteiger partial charge in [-0.2, -0.15) is 0 Å². The van der Waals surface area contributed by atoms with E-state index in [1.807, 2.05) is 41.8 Å². The molecule has 0 atom stereocenters. The summed E-state index contributed by atoms with van der Waals surface area (Å²) in [5, 5.41) is 3.98. The predicted octanol–water partition coefficient (Wildman–Crippen LogP) is 3.19. The molecular formula is C15H11N5S. The standard InChI is InChI=1S/C15H11N5S/c16-20-14-11-5-7-21-15(11)19-13(18-14)10-3-4-12-9(8-10)2-1-6-17-12/h1-8H,16H2,(H,18,19,20). The minimum atomic E-state index is 0.641. The van der Waals surface area contributed by atoms with Crippen molar-refractivity contribution in [3.63, 3.8) is 0 Å². The molecule has 0 amide bonds. The number of hydrogen-bond acceptors (Lipinski definition) is 6. The molecule has 0 radical (unpaired) electrons. The van der Waals surface area contributed by atoms with Crippen LogP contribution < -0.4 is 11.3 Å². The number of nitrogen functional groups attached to an aromatic ring is 1. The second-order valence-electron chi connectivity index (χ2n) is 4.59. The van der Waals surface area contributed by atoms with Crippen LogP contribution in [0.3, 0.4) is 0 Å². The fourth-order valence-electron chi connectivity index (χ4n) is 2.31. The fourth-order valence-corrected chi connectivity index (χ4v) is 3.07. The zero-order valence-corrected chi connectivity index (χ0v) is 11.8. The molecule has 0 saturated carbocycles. The van der Waals surface area contributed by atoms with Gasteiger partial charge in [0.1, 0.15) is 4.83 Å². The predicted molar refractivity (Wildman–Crippen MR) is 86.0 cm³/mol. The number of benzene rings is 1. The maximum Gasteiger partial charge on any atom is 0.163 e. The largest absolute Gasteiger partial charge is 0.308 e. The molecular weight excluding hydrogens is 282 g/mol. The molecule has 0 spiro atoms. The normalized spacial score (nSPS) is 11.1. The molecule has 4 rings (SSSR count). The summed E-state index contributed by atoms with van der Waals surface area (Å²) in [4.78, 5) is 14.4. The van der Waals surface area contributed by atoms with Crippen LogP contribution in [-0.4, -0.2) is 15.0 Å². The van der Waals surface area contributed by atoms with E-state index in [0.29, 0.717) is 11.6 Å². The highest BCUT2D eigenvalue weighted by molar-refractivity contribution is 7.16. The molecule has 0 saturated heterocycles. The first-order valence-corrected chi connectivity index (χ1v) is 7.30. The highest BCUT2D eigenvalue weighted by Crippen LogP contribution is 2.28. The number of rotatable bonds is 2. The van der Waals surface area contributed by atoms with Crippen molar-refractivity contribution in [2.75, 3.05) is 5.43 Å². The van der Waals surface area contributed by atoms with E-state index in [1.54, 1.807) is 17.5 Å². The second kappa shape index (κ2) is 4.76. The lowest BCUT2D eigenvalue weighted by atomic mass is 10.1. The molecule has 1 aromatic carbocycles. The van der Waals surface area contributed by atoms with Gasteiger partial charge in [-0.25, -0.2) is 15.8 Å². The first-order valence-electron chi connectivity index (χ1n) is 6.42. The molecule has 0 fully saturated rings. The molecule has 0 aliphatic carbocycles. The quantitative estimate of drug-likeness (QED) is 0.438. The van der Waals surface area contributed by atoms with E-state index >= 15 is 0 Å². The Morgan fingerprint density at radius 1 is 1.10 bits per heavy atom. The van der Waals surface area contributed by atoms with E-state index in [0.717, 1.165) is 26.7 Å². The molecule has 0 bridgehead atoms. The molecule has 0 unspecified atom stereocenters. The fraction of sp³-hybridized carbons (Fsp3) is 0. The Bertz CT molecular complexity index is 947. The van der Waals surface area contributed by atoms with Crippen molar-refractivity contribution in [1.29, 1.82) is 0 Å². The summed E-state index contributed by atoms with van der Waals surface area (Å²) in [7, 11) is 0. The van der Waals surface area contributed by atoms with Crippen molar-refractivity contribution < 1.29 is 0 Å². The van der Waals surface area contributed by atoms with Crippen LogP contribution in [0.2, 0.25) is 0 Å². The highest BCUT2D eigenvalue weighted by Gasteiger charge is 2.10. The van der Waals surface area contributed by atoms with E-state index < -0.39 is 0 Å². The summed E-state index contributed by atoms with van der Waals surface area (Å²) in [6, 6.07) is 11.9. The van der Waals surface area contributed by atoms with Gasteiger partial charge in [-0.1, -0.05) is 6.07 Å². The van der Waals surface area contributed by atoms with Crippen LogP contribution in [0.1, 0.15) is 0 Å². The number of thiophene rings is 1. The number of nitrogens with one attached hydrogen (secondary N) is 1. The van der Waals surface area contributed by atoms with E-state index in [1.165, 1.54) is 0 Å². The molecule has 21 heavy (non-hydrogen) atoms. The maximum atomic E-state index is 5.57. The van der Waals surface area contributed by atoms with Crippen LogP contribution >= 0.6 is 11.3 Å². The van der Waals surface area contributed by atoms with Gasteiger partial charge in [-0.15, -0.1) is 11.3 Å². The monoisotopic (exact) mass is 293 g/mol. The summed E-state index contributed by atoms with van der Waals surface area (Å²) in [5.41, 5.74) is 4.55. The lowest BCUT2D eigenvalue weighted by Gasteiger charge is -2.06. The number of fused-ring (bicyclic) bond motifs is 2. The van der Waals surface area contributed by atoms with Gasteiger partial charge in [-0.05, 0) is 35.7 Å². The van der Waals surface area contributed by atoms with Gasteiger partial charge in [0.2, 0.25) is 0 Å². The molecule has 0 aliphatic heterocycles. The van der Waals surface area contributed by atoms with Gasteiger partial charge < -0.3 is 5.43 Å². The lowest BCUT2D eigenvalue weighted by molar-refractivity contribution is 1.19. The maximum absolute atomic E-state index is 5.57. The topological polar surface area (TPSA) is 76.7 Å². The first-order chi connectivity index (χ1) is 10.3. The van der Waals surface area contributed by atoms with Gasteiger partial charge in [0.05, 0.1) is 10.9 Å². The van der Waals surface area contributed by atoms with E-state index in [2.05, 4.69) is 20.4 Å². The Morgan fingerprint density at radius 2 is 2.05 bits per heavy atom. The number of aromatic nitrogens is 3. The minimum Gasteiger partial charge on any atom is -0.308 e. The molecule has 5 nitrogen and oxygen atoms in total. The van der Waals surface area contributed by atoms with Crippen LogP contribution in [0.25, 0.3) is 32.5 Å². The first kappa shape index (κ1) is 12.2. The highest BCUT2D eigenvalue weighted by atomic mass is 32.1. The van der Waals surface area contributed by atoms with Gasteiger partial charge in [0.25, 0.3) is 0 Å². The third kappa shape index (κ3) is 2.01. The number of nitrogens with zero attached hydrogens (tertiary/aromatic N) is 3. The van der Waals surface area contributed by atoms with Gasteiger partial charge in [-0.3, -0.25) is 4.98 Å². The zero-order chi connectivity index (χ0) is 14.2. The second-order valence-corrected chi connectivity index (χ2v) is 5.49. The Hall–Kier alpha value is -2.57. The SMILES string of the molecule is NNc1nc(-c2ccc3ncccc3c2)nc2sccc12. The van der Waals surface area contributed by atoms with Crippen molar-refractivity contribution in [2.45, 2.75) is 0 Å². The lowest BCUT2D eigenvalue weighted by Crippen LogP contribution is -2.09. The van der Waals surface area contributed by atoms with Gasteiger partial charge in [0, 0.05) is 17.1 Å². The number of anilines is 1. The van der Waals surface area contributed by atoms with E-state index in [9.17, 15) is 0 Å². The van der Waals surface area contributed by atoms with Crippen molar-refractivity contribution in [2.24, 2.45) is 5.84 Å². The third-order valence-electron chi connectivity index (χ3n) is 3.32. The van der Waals surface area contributed by atoms with E-state index in [-0.39, 0.29) is 0 Å². The Labute approximate surface area is 124 Å². The Morgan fingerprint density at radius 3 is 2.95 bits per heavy atom. The van der Waals surface area contributed by atoms with Crippen molar-refractivity contribution >= 4 is 38.3 Å². The Balaban J connectivity index is 1.94. The number of pyridine rings is 1. The summed E-state index contributed by atoms with van der Waals surface area (Å²) in [6.07, 6.45) is 1.78. The summed E-state index contributed by atoms with van der Waals surface area (Å²) in [5.74, 6) is 6.86. The van der Waals surface area contributed by atoms with Crippen molar-refractivity contribution in [3.8, 4) is 11.4 Å². The molecule has 3 heterocycles. The van der Waals surface area contributed by atoms with Crippen LogP contribution in [0.4, 0.5) is 5.82 Å². The molecule has 4 aromatic rings. The average molecular weight is 293 g/mol. The number of hydrogen-bond donors (Lipinski definition) is 2. The summed E-state index contributed by atoms with van der Waals surface area (Å²) >= 11 is 1.57. The number of hydrazine groups is 1. The van der Waals surface area contributed by atoms with Crippen molar-refractivity contribution in [3.05, 3.63) is 48.0 Å². The zero-order valence-electron chi connectivity index (χ0n) is 10.9. The summed E-state index contributed by atoms with van der Waals surface area (Å²) in [6.45, 7) is 0. The smallest absolute Gasteiger partial charge is 0.163 e. The average Bonchev–Trinajstić information content (AvgIpc) is 3.02. The molecule has 3 N–H and O–H groups in total. The van der Waals surface area contributed by atoms with Gasteiger partial charge >= 0.3 is 0 Å². The van der Waals surface area contributed by atoms with Crippen LogP contribution in [0.5, 0.6) is 0 Å². The van der Waals surface area contributed by atoms with Crippen molar-refractivity contribution in [1.82, 2.24) is 15.0 Å². The minimum absolute atomic E-state index is 0.641. The van der Waals surface area contributed by atoms with Gasteiger partial charge in [0.15, 0.2) is 11.6 Å². The Kier molecular flexibility index (Phi) is 2.77. The van der Waals surface area contributed by atoms with Crippen LogP contribution in [0, 0.1) is 0 Å². The van der Waals surface area contributed by atoms with Crippen LogP contribution in [0.15, 0.2) is 48.0 Å². The molecule has 6 heteroatoms. The molecule has 102 valence electrons. The van der Waals surface area contributed by atoms with E-state index in [4.69, 9.17) is 5.84 Å². The number of nitrogens with two attached hydrogens (primary N) is 1. The third-order valence-corrected chi connectivity index (χ3v) is 4.13. The molecule has 0 aliphatic rings.